The first-order valence-corrected chi connectivity index (χ1v) is 9.39. The van der Waals surface area contributed by atoms with Gasteiger partial charge in [-0.1, -0.05) is 0 Å². The van der Waals surface area contributed by atoms with Crippen molar-refractivity contribution in [3.63, 3.8) is 0 Å². The van der Waals surface area contributed by atoms with E-state index in [0.717, 1.165) is 24.2 Å². The molecule has 1 aliphatic heterocycles. The Bertz CT molecular complexity index is 903. The monoisotopic (exact) mass is 372 g/mol. The number of hydrogen-bond donors (Lipinski definition) is 2. The van der Waals surface area contributed by atoms with Gasteiger partial charge < -0.3 is 5.32 Å². The van der Waals surface area contributed by atoms with E-state index >= 15 is 0 Å². The van der Waals surface area contributed by atoms with Gasteiger partial charge >= 0.3 is 0 Å². The van der Waals surface area contributed by atoms with Crippen LogP contribution in [0.5, 0.6) is 0 Å². The molecule has 2 N–H and O–H groups in total. The van der Waals surface area contributed by atoms with E-state index in [1.165, 1.54) is 16.8 Å². The molecule has 5 nitrogen and oxygen atoms in total. The minimum atomic E-state index is -0.329. The lowest BCUT2D eigenvalue weighted by atomic mass is 9.80. The van der Waals surface area contributed by atoms with Crippen LogP contribution in [-0.4, -0.2) is 32.6 Å². The quantitative estimate of drug-likeness (QED) is 0.807. The van der Waals surface area contributed by atoms with E-state index in [4.69, 9.17) is 4.99 Å². The Morgan fingerprint density at radius 2 is 1.70 bits per heavy atom. The standard InChI is InChI=1S/C21H29FN4O/c1-13(23-16-11-20(3,4)25-21(5,6)12-16)18-14(2)24-26(19(18)27)17-9-7-15(22)8-10-17/h7-10,16,24-25H,11-12H2,1-6H3. The number of H-pyrrole nitrogens is 1. The Balaban J connectivity index is 1.95. The predicted molar refractivity (Wildman–Crippen MR) is 108 cm³/mol. The summed E-state index contributed by atoms with van der Waals surface area (Å²) in [5, 5.41) is 6.74. The van der Waals surface area contributed by atoms with Crippen molar-refractivity contribution in [3.8, 4) is 5.69 Å². The van der Waals surface area contributed by atoms with Gasteiger partial charge in [0.05, 0.1) is 17.3 Å². The van der Waals surface area contributed by atoms with Crippen molar-refractivity contribution in [2.75, 3.05) is 0 Å². The highest BCUT2D eigenvalue weighted by Gasteiger charge is 2.37. The lowest BCUT2D eigenvalue weighted by Crippen LogP contribution is -2.58. The molecule has 0 saturated carbocycles. The lowest BCUT2D eigenvalue weighted by molar-refractivity contribution is 0.164. The summed E-state index contributed by atoms with van der Waals surface area (Å²) in [6.07, 6.45) is 1.84. The van der Waals surface area contributed by atoms with Gasteiger partial charge in [-0.15, -0.1) is 0 Å². The number of halogens is 1. The Kier molecular flexibility index (Phi) is 4.89. The summed E-state index contributed by atoms with van der Waals surface area (Å²) < 4.78 is 14.6. The second-order valence-electron chi connectivity index (χ2n) is 8.90. The van der Waals surface area contributed by atoms with Crippen LogP contribution in [0.15, 0.2) is 34.1 Å². The van der Waals surface area contributed by atoms with Crippen LogP contribution >= 0.6 is 0 Å². The first-order valence-electron chi connectivity index (χ1n) is 9.39. The number of aromatic nitrogens is 2. The zero-order chi connectivity index (χ0) is 20.0. The molecule has 0 bridgehead atoms. The first kappa shape index (κ1) is 19.5. The fourth-order valence-corrected chi connectivity index (χ4v) is 4.44. The Hall–Kier alpha value is -2.21. The van der Waals surface area contributed by atoms with Crippen molar-refractivity contribution in [3.05, 3.63) is 51.7 Å². The fourth-order valence-electron chi connectivity index (χ4n) is 4.44. The second kappa shape index (κ2) is 6.75. The third-order valence-electron chi connectivity index (χ3n) is 5.06. The number of piperidine rings is 1. The normalized spacial score (nSPS) is 20.0. The van der Waals surface area contributed by atoms with Gasteiger partial charge in [0.15, 0.2) is 0 Å². The van der Waals surface area contributed by atoms with Crippen molar-refractivity contribution in [2.45, 2.75) is 71.5 Å². The molecule has 0 atom stereocenters. The lowest BCUT2D eigenvalue weighted by Gasteiger charge is -2.45. The van der Waals surface area contributed by atoms with Crippen LogP contribution in [0.4, 0.5) is 4.39 Å². The molecular weight excluding hydrogens is 343 g/mol. The third kappa shape index (κ3) is 4.21. The maximum Gasteiger partial charge on any atom is 0.280 e. The molecule has 27 heavy (non-hydrogen) atoms. The molecule has 0 amide bonds. The molecule has 0 spiro atoms. The van der Waals surface area contributed by atoms with Crippen LogP contribution in [-0.2, 0) is 0 Å². The SMILES string of the molecule is CC(=NC1CC(C)(C)NC(C)(C)C1)c1c(C)[nH]n(-c2ccc(F)cc2)c1=O. The van der Waals surface area contributed by atoms with Crippen molar-refractivity contribution in [2.24, 2.45) is 4.99 Å². The van der Waals surface area contributed by atoms with Crippen LogP contribution in [0.1, 0.15) is 58.7 Å². The molecular formula is C21H29FN4O. The Morgan fingerprint density at radius 3 is 2.26 bits per heavy atom. The van der Waals surface area contributed by atoms with Crippen LogP contribution in [0.25, 0.3) is 5.69 Å². The largest absolute Gasteiger partial charge is 0.307 e. The summed E-state index contributed by atoms with van der Waals surface area (Å²) in [7, 11) is 0. The zero-order valence-corrected chi connectivity index (χ0v) is 17.0. The van der Waals surface area contributed by atoms with Gasteiger partial charge in [0.1, 0.15) is 5.82 Å². The van der Waals surface area contributed by atoms with E-state index in [-0.39, 0.29) is 28.5 Å². The second-order valence-corrected chi connectivity index (χ2v) is 8.90. The van der Waals surface area contributed by atoms with Crippen LogP contribution in [0.2, 0.25) is 0 Å². The van der Waals surface area contributed by atoms with Gasteiger partial charge in [-0.25, -0.2) is 9.07 Å². The van der Waals surface area contributed by atoms with E-state index in [2.05, 4.69) is 38.1 Å². The number of aliphatic imine (C=N–C) groups is 1. The maximum atomic E-state index is 13.2. The number of aromatic amines is 1. The van der Waals surface area contributed by atoms with Gasteiger partial charge in [-0.2, -0.15) is 0 Å². The number of hydrogen-bond acceptors (Lipinski definition) is 3. The summed E-state index contributed by atoms with van der Waals surface area (Å²) in [4.78, 5) is 17.9. The topological polar surface area (TPSA) is 62.2 Å². The summed E-state index contributed by atoms with van der Waals surface area (Å²) in [5.41, 5.74) is 2.54. The summed E-state index contributed by atoms with van der Waals surface area (Å²) in [5.74, 6) is -0.329. The average molecular weight is 372 g/mol. The van der Waals surface area contributed by atoms with Crippen molar-refractivity contribution >= 4 is 5.71 Å². The zero-order valence-electron chi connectivity index (χ0n) is 17.0. The van der Waals surface area contributed by atoms with Gasteiger partial charge in [0.25, 0.3) is 5.56 Å². The van der Waals surface area contributed by atoms with Gasteiger partial charge in [0.2, 0.25) is 0 Å². The number of rotatable bonds is 3. The molecule has 1 aromatic carbocycles. The predicted octanol–water partition coefficient (Wildman–Crippen LogP) is 3.73. The molecule has 1 aromatic heterocycles. The summed E-state index contributed by atoms with van der Waals surface area (Å²) in [6, 6.07) is 6.01. The molecule has 2 aromatic rings. The summed E-state index contributed by atoms with van der Waals surface area (Å²) >= 11 is 0. The molecule has 1 saturated heterocycles. The van der Waals surface area contributed by atoms with Crippen molar-refractivity contribution < 1.29 is 4.39 Å². The highest BCUT2D eigenvalue weighted by molar-refractivity contribution is 5.99. The van der Waals surface area contributed by atoms with Crippen LogP contribution < -0.4 is 10.9 Å². The maximum absolute atomic E-state index is 13.2. The van der Waals surface area contributed by atoms with E-state index in [1.54, 1.807) is 12.1 Å². The third-order valence-corrected chi connectivity index (χ3v) is 5.06. The number of nitrogens with zero attached hydrogens (tertiary/aromatic N) is 2. The highest BCUT2D eigenvalue weighted by atomic mass is 19.1. The smallest absolute Gasteiger partial charge is 0.280 e. The Morgan fingerprint density at radius 1 is 1.15 bits per heavy atom. The van der Waals surface area contributed by atoms with E-state index < -0.39 is 0 Å². The van der Waals surface area contributed by atoms with Gasteiger partial charge in [-0.05, 0) is 78.6 Å². The molecule has 0 aliphatic carbocycles. The molecule has 0 radical (unpaired) electrons. The molecule has 0 unspecified atom stereocenters. The minimum Gasteiger partial charge on any atom is -0.307 e. The highest BCUT2D eigenvalue weighted by Crippen LogP contribution is 2.30. The van der Waals surface area contributed by atoms with Crippen molar-refractivity contribution in [1.82, 2.24) is 15.1 Å². The van der Waals surface area contributed by atoms with Crippen molar-refractivity contribution in [1.29, 1.82) is 0 Å². The Labute approximate surface area is 159 Å². The van der Waals surface area contributed by atoms with Gasteiger partial charge in [-0.3, -0.25) is 14.9 Å². The molecule has 2 heterocycles. The number of benzene rings is 1. The van der Waals surface area contributed by atoms with Crippen LogP contribution in [0, 0.1) is 12.7 Å². The van der Waals surface area contributed by atoms with Crippen LogP contribution in [0.3, 0.4) is 0 Å². The molecule has 6 heteroatoms. The minimum absolute atomic E-state index is 0.00228. The van der Waals surface area contributed by atoms with E-state index in [0.29, 0.717) is 11.3 Å². The average Bonchev–Trinajstić information content (AvgIpc) is 2.79. The van der Waals surface area contributed by atoms with E-state index in [9.17, 15) is 9.18 Å². The molecule has 146 valence electrons. The molecule has 3 rings (SSSR count). The summed E-state index contributed by atoms with van der Waals surface area (Å²) in [6.45, 7) is 12.5. The van der Waals surface area contributed by atoms with E-state index in [1.807, 2.05) is 13.8 Å². The molecule has 1 aliphatic rings. The number of nitrogens with one attached hydrogen (secondary N) is 2. The molecule has 1 fully saturated rings. The first-order chi connectivity index (χ1) is 12.5. The number of aryl methyl sites for hydroxylation is 1. The van der Waals surface area contributed by atoms with Gasteiger partial charge in [0, 0.05) is 22.5 Å². The fraction of sp³-hybridized carbons (Fsp3) is 0.524.